The van der Waals surface area contributed by atoms with Gasteiger partial charge in [0, 0.05) is 16.9 Å². The van der Waals surface area contributed by atoms with Gasteiger partial charge in [0.1, 0.15) is 5.71 Å². The van der Waals surface area contributed by atoms with E-state index in [1.165, 1.54) is 0 Å². The van der Waals surface area contributed by atoms with E-state index in [1.54, 1.807) is 0 Å². The van der Waals surface area contributed by atoms with E-state index in [4.69, 9.17) is 0 Å². The monoisotopic (exact) mass is 293 g/mol. The minimum atomic E-state index is 0.581. The highest BCUT2D eigenvalue weighted by Crippen LogP contribution is 2.22. The van der Waals surface area contributed by atoms with Gasteiger partial charge in [0.25, 0.3) is 0 Å². The van der Waals surface area contributed by atoms with Crippen molar-refractivity contribution in [2.75, 3.05) is 0 Å². The van der Waals surface area contributed by atoms with E-state index in [1.807, 2.05) is 54.6 Å². The van der Waals surface area contributed by atoms with E-state index in [9.17, 15) is 5.21 Å². The van der Waals surface area contributed by atoms with Gasteiger partial charge in [0.15, 0.2) is 0 Å². The summed E-state index contributed by atoms with van der Waals surface area (Å²) < 4.78 is 0. The number of rotatable bonds is 3. The van der Waals surface area contributed by atoms with Crippen LogP contribution in [0, 0.1) is 0 Å². The van der Waals surface area contributed by atoms with E-state index in [-0.39, 0.29) is 0 Å². The standard InChI is InChI=1S/C18H15NOS/c20-19-18(15-10-8-13(12-21)9-11-15)17-7-3-5-14-4-1-2-6-16(14)17/h1-11,20-21H,12H2/b19-18-. The van der Waals surface area contributed by atoms with Crippen LogP contribution in [-0.2, 0) is 5.75 Å². The fourth-order valence-electron chi connectivity index (χ4n) is 2.47. The molecule has 21 heavy (non-hydrogen) atoms. The van der Waals surface area contributed by atoms with Gasteiger partial charge in [-0.15, -0.1) is 0 Å². The van der Waals surface area contributed by atoms with Crippen LogP contribution in [0.15, 0.2) is 71.9 Å². The highest BCUT2D eigenvalue weighted by molar-refractivity contribution is 7.79. The summed E-state index contributed by atoms with van der Waals surface area (Å²) in [5.74, 6) is 0.695. The average molecular weight is 293 g/mol. The average Bonchev–Trinajstić information content (AvgIpc) is 2.56. The minimum Gasteiger partial charge on any atom is -0.410 e. The van der Waals surface area contributed by atoms with Crippen molar-refractivity contribution in [3.63, 3.8) is 0 Å². The maximum absolute atomic E-state index is 9.49. The van der Waals surface area contributed by atoms with E-state index < -0.39 is 0 Å². The molecule has 3 rings (SSSR count). The number of nitrogens with zero attached hydrogens (tertiary/aromatic N) is 1. The minimum absolute atomic E-state index is 0.581. The van der Waals surface area contributed by atoms with Crippen molar-refractivity contribution >= 4 is 29.1 Å². The van der Waals surface area contributed by atoms with Gasteiger partial charge < -0.3 is 5.21 Å². The lowest BCUT2D eigenvalue weighted by Gasteiger charge is -2.09. The van der Waals surface area contributed by atoms with Gasteiger partial charge in [-0.1, -0.05) is 71.9 Å². The number of benzene rings is 3. The molecule has 0 saturated heterocycles. The van der Waals surface area contributed by atoms with Crippen LogP contribution in [-0.4, -0.2) is 10.9 Å². The van der Waals surface area contributed by atoms with Crippen molar-refractivity contribution in [1.82, 2.24) is 0 Å². The number of fused-ring (bicyclic) bond motifs is 1. The number of oxime groups is 1. The van der Waals surface area contributed by atoms with Gasteiger partial charge in [-0.25, -0.2) is 0 Å². The van der Waals surface area contributed by atoms with Gasteiger partial charge in [-0.05, 0) is 16.3 Å². The molecule has 0 unspecified atom stereocenters. The van der Waals surface area contributed by atoms with Gasteiger partial charge in [0.2, 0.25) is 0 Å². The van der Waals surface area contributed by atoms with Crippen LogP contribution in [0.5, 0.6) is 0 Å². The van der Waals surface area contributed by atoms with Crippen molar-refractivity contribution in [2.45, 2.75) is 5.75 Å². The predicted octanol–water partition coefficient (Wildman–Crippen LogP) is 4.50. The third-order valence-corrected chi connectivity index (χ3v) is 3.92. The number of hydrogen-bond donors (Lipinski definition) is 2. The fourth-order valence-corrected chi connectivity index (χ4v) is 2.68. The summed E-state index contributed by atoms with van der Waals surface area (Å²) in [6.45, 7) is 0. The zero-order valence-corrected chi connectivity index (χ0v) is 12.3. The molecule has 3 heteroatoms. The summed E-state index contributed by atoms with van der Waals surface area (Å²) in [7, 11) is 0. The van der Waals surface area contributed by atoms with Gasteiger partial charge in [0.05, 0.1) is 0 Å². The second kappa shape index (κ2) is 6.02. The van der Waals surface area contributed by atoms with E-state index in [2.05, 4.69) is 29.9 Å². The molecule has 0 aliphatic heterocycles. The molecule has 2 nitrogen and oxygen atoms in total. The summed E-state index contributed by atoms with van der Waals surface area (Å²) in [4.78, 5) is 0. The maximum Gasteiger partial charge on any atom is 0.117 e. The molecule has 0 fully saturated rings. The molecule has 0 spiro atoms. The van der Waals surface area contributed by atoms with Crippen molar-refractivity contribution in [1.29, 1.82) is 0 Å². The summed E-state index contributed by atoms with van der Waals surface area (Å²) in [6, 6.07) is 22.0. The summed E-state index contributed by atoms with van der Waals surface area (Å²) in [5, 5.41) is 15.2. The molecule has 0 amide bonds. The Hall–Kier alpha value is -2.26. The second-order valence-corrected chi connectivity index (χ2v) is 5.15. The Morgan fingerprint density at radius 3 is 2.33 bits per heavy atom. The van der Waals surface area contributed by atoms with Crippen LogP contribution in [0.2, 0.25) is 0 Å². The van der Waals surface area contributed by atoms with Crippen molar-refractivity contribution in [3.8, 4) is 0 Å². The maximum atomic E-state index is 9.49. The van der Waals surface area contributed by atoms with Crippen LogP contribution < -0.4 is 0 Å². The molecule has 0 aliphatic carbocycles. The highest BCUT2D eigenvalue weighted by atomic mass is 32.1. The Morgan fingerprint density at radius 1 is 0.905 bits per heavy atom. The molecular weight excluding hydrogens is 278 g/mol. The van der Waals surface area contributed by atoms with Crippen LogP contribution in [0.4, 0.5) is 0 Å². The Balaban J connectivity index is 2.14. The molecule has 0 aliphatic rings. The second-order valence-electron chi connectivity index (χ2n) is 4.83. The molecule has 104 valence electrons. The third-order valence-electron chi connectivity index (χ3n) is 3.55. The van der Waals surface area contributed by atoms with Crippen LogP contribution in [0.1, 0.15) is 16.7 Å². The lowest BCUT2D eigenvalue weighted by molar-refractivity contribution is 0.319. The lowest BCUT2D eigenvalue weighted by atomic mass is 9.96. The molecule has 0 radical (unpaired) electrons. The van der Waals surface area contributed by atoms with Crippen molar-refractivity contribution < 1.29 is 5.21 Å². The summed E-state index contributed by atoms with van der Waals surface area (Å²) in [6.07, 6.45) is 0. The first kappa shape index (κ1) is 13.7. The van der Waals surface area contributed by atoms with Crippen LogP contribution in [0.25, 0.3) is 10.8 Å². The van der Waals surface area contributed by atoms with Crippen molar-refractivity contribution in [3.05, 3.63) is 83.4 Å². The SMILES string of the molecule is O/N=C(/c1ccc(CS)cc1)c1cccc2ccccc12. The fraction of sp³-hybridized carbons (Fsp3) is 0.0556. The molecule has 0 saturated carbocycles. The van der Waals surface area contributed by atoms with Crippen LogP contribution in [0.3, 0.4) is 0 Å². The van der Waals surface area contributed by atoms with E-state index in [0.29, 0.717) is 11.5 Å². The van der Waals surface area contributed by atoms with Crippen LogP contribution >= 0.6 is 12.6 Å². The summed E-state index contributed by atoms with van der Waals surface area (Å²) in [5.41, 5.74) is 3.53. The molecule has 0 heterocycles. The Kier molecular flexibility index (Phi) is 3.93. The van der Waals surface area contributed by atoms with Gasteiger partial charge >= 0.3 is 0 Å². The molecular formula is C18H15NOS. The largest absolute Gasteiger partial charge is 0.410 e. The highest BCUT2D eigenvalue weighted by Gasteiger charge is 2.11. The summed E-state index contributed by atoms with van der Waals surface area (Å²) >= 11 is 4.26. The third kappa shape index (κ3) is 2.65. The quantitative estimate of drug-likeness (QED) is 0.317. The first-order valence-corrected chi connectivity index (χ1v) is 7.37. The molecule has 0 aromatic heterocycles. The predicted molar refractivity (Wildman–Crippen MR) is 90.5 cm³/mol. The zero-order valence-electron chi connectivity index (χ0n) is 11.4. The van der Waals surface area contributed by atoms with Gasteiger partial charge in [-0.3, -0.25) is 0 Å². The van der Waals surface area contributed by atoms with Crippen molar-refractivity contribution in [2.24, 2.45) is 5.16 Å². The molecule has 0 bridgehead atoms. The van der Waals surface area contributed by atoms with E-state index >= 15 is 0 Å². The lowest BCUT2D eigenvalue weighted by Crippen LogP contribution is -2.04. The molecule has 1 N–H and O–H groups in total. The normalized spacial score (nSPS) is 11.8. The zero-order chi connectivity index (χ0) is 14.7. The molecule has 3 aromatic carbocycles. The Bertz CT molecular complexity index is 788. The topological polar surface area (TPSA) is 32.6 Å². The number of thiol groups is 1. The first-order valence-electron chi connectivity index (χ1n) is 6.74. The van der Waals surface area contributed by atoms with E-state index in [0.717, 1.165) is 27.5 Å². The smallest absolute Gasteiger partial charge is 0.117 e. The molecule has 0 atom stereocenters. The first-order chi connectivity index (χ1) is 10.3. The Morgan fingerprint density at radius 2 is 1.62 bits per heavy atom. The molecule has 3 aromatic rings. The van der Waals surface area contributed by atoms with Gasteiger partial charge in [-0.2, -0.15) is 12.6 Å². The Labute approximate surface area is 129 Å². The number of hydrogen-bond acceptors (Lipinski definition) is 3.